The minimum atomic E-state index is -0.393. The van der Waals surface area contributed by atoms with Crippen molar-refractivity contribution in [2.45, 2.75) is 18.1 Å². The Morgan fingerprint density at radius 1 is 1.03 bits per heavy atom. The fourth-order valence-electron chi connectivity index (χ4n) is 3.78. The number of hydrogen-bond donors (Lipinski definition) is 0. The van der Waals surface area contributed by atoms with Gasteiger partial charge in [0.1, 0.15) is 4.83 Å². The van der Waals surface area contributed by atoms with E-state index in [-0.39, 0.29) is 17.7 Å². The van der Waals surface area contributed by atoms with Crippen LogP contribution in [-0.4, -0.2) is 34.0 Å². The van der Waals surface area contributed by atoms with Gasteiger partial charge in [-0.05, 0) is 30.0 Å². The van der Waals surface area contributed by atoms with Gasteiger partial charge in [0, 0.05) is 26.4 Å². The second-order valence-corrected chi connectivity index (χ2v) is 9.49. The average Bonchev–Trinajstić information content (AvgIpc) is 3.44. The molecule has 0 bridgehead atoms. The average molecular weight is 481 g/mol. The first-order valence-electron chi connectivity index (χ1n) is 10.3. The lowest BCUT2D eigenvalue weighted by Crippen LogP contribution is -2.39. The molecule has 4 aromatic heterocycles. The molecular weight excluding hydrogens is 460 g/mol. The van der Waals surface area contributed by atoms with Crippen molar-refractivity contribution in [1.29, 1.82) is 0 Å². The van der Waals surface area contributed by atoms with Crippen LogP contribution in [0.15, 0.2) is 67.6 Å². The maximum absolute atomic E-state index is 13.1. The molecule has 5 aromatic rings. The van der Waals surface area contributed by atoms with Crippen LogP contribution in [0.1, 0.15) is 6.42 Å². The molecule has 0 unspecified atom stereocenters. The van der Waals surface area contributed by atoms with Crippen LogP contribution in [0.3, 0.4) is 0 Å². The van der Waals surface area contributed by atoms with E-state index in [0.717, 1.165) is 5.69 Å². The number of fused-ring (bicyclic) bond motifs is 2. The molecule has 0 aliphatic heterocycles. The first-order chi connectivity index (χ1) is 16.0. The molecule has 0 fully saturated rings. The van der Waals surface area contributed by atoms with E-state index in [9.17, 15) is 14.4 Å². The zero-order valence-corrected chi connectivity index (χ0v) is 19.6. The molecule has 0 radical (unpaired) electrons. The topological polar surface area (TPSA) is 96.7 Å². The van der Waals surface area contributed by atoms with E-state index in [1.54, 1.807) is 29.3 Å². The zero-order chi connectivity index (χ0) is 23.1. The molecule has 0 atom stereocenters. The minimum Gasteiger partial charge on any atom is -0.328 e. The summed E-state index contributed by atoms with van der Waals surface area (Å²) in [6.45, 7) is 0.260. The molecule has 168 valence electrons. The normalized spacial score (nSPS) is 11.6. The third-order valence-electron chi connectivity index (χ3n) is 5.44. The Hall–Kier alpha value is -3.44. The molecule has 0 spiro atoms. The van der Waals surface area contributed by atoms with Crippen LogP contribution in [0.25, 0.3) is 27.1 Å². The number of imidazole rings is 1. The molecule has 0 amide bonds. The SMILES string of the molecule is Cn1cnc2c1c(=O)n(CCCSc1nc3sccc3c(=O)n1-c1ccccc1)c(=O)n2C. The van der Waals surface area contributed by atoms with Crippen molar-refractivity contribution in [3.8, 4) is 5.69 Å². The molecule has 0 aliphatic carbocycles. The van der Waals surface area contributed by atoms with Crippen LogP contribution in [0.4, 0.5) is 0 Å². The van der Waals surface area contributed by atoms with Crippen molar-refractivity contribution in [2.24, 2.45) is 14.1 Å². The smallest absolute Gasteiger partial charge is 0.328 e. The van der Waals surface area contributed by atoms with Gasteiger partial charge in [-0.2, -0.15) is 0 Å². The van der Waals surface area contributed by atoms with Crippen LogP contribution >= 0.6 is 23.1 Å². The van der Waals surface area contributed by atoms with Crippen LogP contribution < -0.4 is 16.8 Å². The lowest BCUT2D eigenvalue weighted by atomic mass is 10.3. The number of benzene rings is 1. The van der Waals surface area contributed by atoms with Crippen molar-refractivity contribution in [2.75, 3.05) is 5.75 Å². The van der Waals surface area contributed by atoms with E-state index < -0.39 is 5.69 Å². The van der Waals surface area contributed by atoms with Gasteiger partial charge in [-0.15, -0.1) is 11.3 Å². The summed E-state index contributed by atoms with van der Waals surface area (Å²) in [6, 6.07) is 11.2. The van der Waals surface area contributed by atoms with Crippen LogP contribution in [0.2, 0.25) is 0 Å². The molecule has 11 heteroatoms. The molecule has 0 aliphatic rings. The second-order valence-electron chi connectivity index (χ2n) is 7.54. The van der Waals surface area contributed by atoms with Gasteiger partial charge in [-0.1, -0.05) is 30.0 Å². The highest BCUT2D eigenvalue weighted by molar-refractivity contribution is 7.99. The maximum atomic E-state index is 13.1. The van der Waals surface area contributed by atoms with E-state index in [1.807, 2.05) is 35.7 Å². The molecule has 9 nitrogen and oxygen atoms in total. The van der Waals surface area contributed by atoms with E-state index in [0.29, 0.717) is 38.7 Å². The molecule has 0 N–H and O–H groups in total. The first kappa shape index (κ1) is 21.4. The molecule has 0 saturated heterocycles. The highest BCUT2D eigenvalue weighted by Crippen LogP contribution is 2.24. The molecule has 0 saturated carbocycles. The summed E-state index contributed by atoms with van der Waals surface area (Å²) in [6.07, 6.45) is 2.08. The van der Waals surface area contributed by atoms with Gasteiger partial charge in [0.2, 0.25) is 0 Å². The van der Waals surface area contributed by atoms with Gasteiger partial charge in [-0.25, -0.2) is 14.8 Å². The van der Waals surface area contributed by atoms with Crippen molar-refractivity contribution in [3.05, 3.63) is 79.3 Å². The van der Waals surface area contributed by atoms with E-state index in [4.69, 9.17) is 4.98 Å². The van der Waals surface area contributed by atoms with Gasteiger partial charge in [0.25, 0.3) is 11.1 Å². The Morgan fingerprint density at radius 3 is 2.61 bits per heavy atom. The third-order valence-corrected chi connectivity index (χ3v) is 7.27. The molecule has 4 heterocycles. The van der Waals surface area contributed by atoms with E-state index >= 15 is 0 Å². The Balaban J connectivity index is 1.43. The number of thioether (sulfide) groups is 1. The highest BCUT2D eigenvalue weighted by Gasteiger charge is 2.16. The van der Waals surface area contributed by atoms with Crippen molar-refractivity contribution >= 4 is 44.5 Å². The fraction of sp³-hybridized carbons (Fsp3) is 0.227. The number of aromatic nitrogens is 6. The quantitative estimate of drug-likeness (QED) is 0.210. The zero-order valence-electron chi connectivity index (χ0n) is 18.0. The lowest BCUT2D eigenvalue weighted by Gasteiger charge is -2.12. The number of para-hydroxylation sites is 1. The summed E-state index contributed by atoms with van der Waals surface area (Å²) in [5.41, 5.74) is 0.665. The van der Waals surface area contributed by atoms with Crippen molar-refractivity contribution < 1.29 is 0 Å². The summed E-state index contributed by atoms with van der Waals surface area (Å²) < 4.78 is 5.88. The van der Waals surface area contributed by atoms with Gasteiger partial charge >= 0.3 is 5.69 Å². The van der Waals surface area contributed by atoms with Gasteiger partial charge < -0.3 is 4.57 Å². The first-order valence-corrected chi connectivity index (χ1v) is 12.1. The summed E-state index contributed by atoms with van der Waals surface area (Å²) in [7, 11) is 3.34. The summed E-state index contributed by atoms with van der Waals surface area (Å²) in [5.74, 6) is 0.579. The minimum absolute atomic E-state index is 0.110. The molecule has 33 heavy (non-hydrogen) atoms. The second kappa shape index (κ2) is 8.49. The number of nitrogens with zero attached hydrogens (tertiary/aromatic N) is 6. The van der Waals surface area contributed by atoms with Crippen molar-refractivity contribution in [3.63, 3.8) is 0 Å². The van der Waals surface area contributed by atoms with Crippen LogP contribution in [0, 0.1) is 0 Å². The maximum Gasteiger partial charge on any atom is 0.332 e. The summed E-state index contributed by atoms with van der Waals surface area (Å²) >= 11 is 2.86. The highest BCUT2D eigenvalue weighted by atomic mass is 32.2. The van der Waals surface area contributed by atoms with Gasteiger partial charge in [0.05, 0.1) is 17.4 Å². The summed E-state index contributed by atoms with van der Waals surface area (Å²) in [5, 5.41) is 3.04. The number of rotatable bonds is 6. The lowest BCUT2D eigenvalue weighted by molar-refractivity contribution is 0.594. The number of aryl methyl sites for hydroxylation is 2. The van der Waals surface area contributed by atoms with E-state index in [1.165, 1.54) is 38.6 Å². The Labute approximate surface area is 195 Å². The molecule has 1 aromatic carbocycles. The largest absolute Gasteiger partial charge is 0.332 e. The number of thiophene rings is 1. The number of hydrogen-bond acceptors (Lipinski definition) is 7. The van der Waals surface area contributed by atoms with E-state index in [2.05, 4.69) is 4.98 Å². The van der Waals surface area contributed by atoms with Crippen LogP contribution in [-0.2, 0) is 20.6 Å². The molecule has 5 rings (SSSR count). The standard InChI is InChI=1S/C22H20N6O3S2/c1-25-13-23-17-16(25)20(30)27(22(31)26(17)2)10-6-11-33-21-24-18-15(9-12-32-18)19(29)28(21)14-7-4-3-5-8-14/h3-5,7-9,12-13H,6,10-11H2,1-2H3. The van der Waals surface area contributed by atoms with Gasteiger partial charge in [-0.3, -0.25) is 23.3 Å². The molecular formula is C22H20N6O3S2. The predicted octanol–water partition coefficient (Wildman–Crippen LogP) is 2.38. The predicted molar refractivity (Wildman–Crippen MR) is 131 cm³/mol. The Kier molecular flexibility index (Phi) is 5.51. The summed E-state index contributed by atoms with van der Waals surface area (Å²) in [4.78, 5) is 48.3. The van der Waals surface area contributed by atoms with Crippen LogP contribution in [0.5, 0.6) is 0 Å². The Morgan fingerprint density at radius 2 is 1.82 bits per heavy atom. The van der Waals surface area contributed by atoms with Crippen molar-refractivity contribution in [1.82, 2.24) is 28.2 Å². The third kappa shape index (κ3) is 3.62. The Bertz CT molecular complexity index is 1660. The van der Waals surface area contributed by atoms with Gasteiger partial charge in [0.15, 0.2) is 16.3 Å². The fourth-order valence-corrected chi connectivity index (χ4v) is 5.52. The monoisotopic (exact) mass is 480 g/mol.